The number of aryl methyl sites for hydroxylation is 2. The van der Waals surface area contributed by atoms with E-state index in [0.29, 0.717) is 43.0 Å². The van der Waals surface area contributed by atoms with Crippen LogP contribution in [0.4, 0.5) is 10.2 Å². The maximum atomic E-state index is 15.7. The zero-order chi connectivity index (χ0) is 29.0. The number of aromatic nitrogens is 3. The third-order valence-corrected chi connectivity index (χ3v) is 9.11. The number of amides is 1. The standard InChI is InChI=1S/C31H40FN7O2/c1-19(2)37-13-15-38(16-14-37)29-23(32)18-22-27(40)26(30(41)33-11-10-21-7-6-12-35(21)4)31-36(5)24-9-8-20(3)17-25(24)39(31)28(22)34-29/h8-9,17-19,21H,6-7,10-16H2,1-5H3,(H,33,41). The lowest BCUT2D eigenvalue weighted by atomic mass is 10.1. The van der Waals surface area contributed by atoms with Gasteiger partial charge in [-0.05, 0) is 77.4 Å². The van der Waals surface area contributed by atoms with Gasteiger partial charge in [-0.15, -0.1) is 0 Å². The lowest BCUT2D eigenvalue weighted by molar-refractivity contribution is 0.0950. The molecule has 0 spiro atoms. The number of rotatable bonds is 6. The monoisotopic (exact) mass is 561 g/mol. The van der Waals surface area contributed by atoms with Crippen LogP contribution in [0.1, 0.15) is 49.0 Å². The highest BCUT2D eigenvalue weighted by Gasteiger charge is 2.28. The van der Waals surface area contributed by atoms with E-state index in [0.717, 1.165) is 55.5 Å². The summed E-state index contributed by atoms with van der Waals surface area (Å²) < 4.78 is 19.4. The summed E-state index contributed by atoms with van der Waals surface area (Å²) in [7, 11) is 3.97. The summed E-state index contributed by atoms with van der Waals surface area (Å²) in [6.07, 6.45) is 3.08. The molecule has 1 N–H and O–H groups in total. The smallest absolute Gasteiger partial charge is 0.259 e. The van der Waals surface area contributed by atoms with E-state index in [-0.39, 0.29) is 16.8 Å². The number of fused-ring (bicyclic) bond motifs is 5. The van der Waals surface area contributed by atoms with Crippen LogP contribution in [0, 0.1) is 12.7 Å². The Morgan fingerprint density at radius 3 is 2.54 bits per heavy atom. The average Bonchev–Trinajstić information content (AvgIpc) is 3.48. The van der Waals surface area contributed by atoms with E-state index in [4.69, 9.17) is 4.98 Å². The first-order chi connectivity index (χ1) is 19.7. The Balaban J connectivity index is 1.49. The molecule has 2 aliphatic rings. The van der Waals surface area contributed by atoms with Gasteiger partial charge >= 0.3 is 0 Å². The second-order valence-corrected chi connectivity index (χ2v) is 12.0. The van der Waals surface area contributed by atoms with Crippen molar-refractivity contribution in [2.45, 2.75) is 52.1 Å². The molecule has 1 atom stereocenters. The van der Waals surface area contributed by atoms with E-state index in [1.165, 1.54) is 6.07 Å². The van der Waals surface area contributed by atoms with Crippen LogP contribution in [0.5, 0.6) is 0 Å². The molecule has 0 saturated carbocycles. The second kappa shape index (κ2) is 10.7. The fraction of sp³-hybridized carbons (Fsp3) is 0.516. The van der Waals surface area contributed by atoms with Crippen molar-refractivity contribution >= 4 is 39.4 Å². The van der Waals surface area contributed by atoms with Crippen LogP contribution in [-0.2, 0) is 7.05 Å². The highest BCUT2D eigenvalue weighted by atomic mass is 19.1. The van der Waals surface area contributed by atoms with E-state index in [2.05, 4.69) is 36.0 Å². The molecule has 1 aromatic carbocycles. The van der Waals surface area contributed by atoms with Gasteiger partial charge < -0.3 is 19.7 Å². The molecule has 3 aromatic heterocycles. The summed E-state index contributed by atoms with van der Waals surface area (Å²) in [4.78, 5) is 39.1. The van der Waals surface area contributed by atoms with Crippen LogP contribution in [0.15, 0.2) is 29.1 Å². The topological polar surface area (TPSA) is 78.1 Å². The number of hydrogen-bond donors (Lipinski definition) is 1. The minimum absolute atomic E-state index is 0.0214. The molecule has 9 nitrogen and oxygen atoms in total. The zero-order valence-corrected chi connectivity index (χ0v) is 24.7. The van der Waals surface area contributed by atoms with Crippen LogP contribution in [0.2, 0.25) is 0 Å². The Kier molecular flexibility index (Phi) is 7.23. The molecule has 1 amide bonds. The maximum Gasteiger partial charge on any atom is 0.259 e. The van der Waals surface area contributed by atoms with Crippen molar-refractivity contribution < 1.29 is 9.18 Å². The summed E-state index contributed by atoms with van der Waals surface area (Å²) in [6.45, 7) is 10.8. The van der Waals surface area contributed by atoms with Crippen LogP contribution >= 0.6 is 0 Å². The van der Waals surface area contributed by atoms with Gasteiger partial charge in [-0.3, -0.25) is 18.9 Å². The number of benzene rings is 1. The van der Waals surface area contributed by atoms with Crippen molar-refractivity contribution in [3.8, 4) is 0 Å². The second-order valence-electron chi connectivity index (χ2n) is 12.0. The van der Waals surface area contributed by atoms with Crippen molar-refractivity contribution in [3.05, 3.63) is 51.4 Å². The summed E-state index contributed by atoms with van der Waals surface area (Å²) >= 11 is 0. The van der Waals surface area contributed by atoms with Crippen molar-refractivity contribution in [1.29, 1.82) is 0 Å². The first-order valence-corrected chi connectivity index (χ1v) is 14.8. The Hall–Kier alpha value is -3.50. The quantitative estimate of drug-likeness (QED) is 0.388. The minimum Gasteiger partial charge on any atom is -0.352 e. The molecular formula is C31H40FN7O2. The van der Waals surface area contributed by atoms with Gasteiger partial charge in [-0.2, -0.15) is 0 Å². The predicted molar refractivity (Wildman–Crippen MR) is 162 cm³/mol. The number of piperazine rings is 1. The molecule has 10 heteroatoms. The summed E-state index contributed by atoms with van der Waals surface area (Å²) in [5.74, 6) is -0.733. The Morgan fingerprint density at radius 2 is 1.85 bits per heavy atom. The lowest BCUT2D eigenvalue weighted by Crippen LogP contribution is -2.49. The SMILES string of the molecule is Cc1ccc2c(c1)n1c3nc(N4CCN(C(C)C)CC4)c(F)cc3c(=O)c(C(=O)NCCC3CCCN3C)c1n2C. The number of likely N-dealkylation sites (tertiary alicyclic amines) is 1. The molecule has 6 rings (SSSR count). The number of halogens is 1. The zero-order valence-electron chi connectivity index (χ0n) is 24.7. The summed E-state index contributed by atoms with van der Waals surface area (Å²) in [5.41, 5.74) is 3.08. The van der Waals surface area contributed by atoms with Crippen LogP contribution in [0.25, 0.3) is 27.7 Å². The molecule has 2 fully saturated rings. The van der Waals surface area contributed by atoms with Gasteiger partial charge in [-0.1, -0.05) is 6.07 Å². The molecule has 218 valence electrons. The Morgan fingerprint density at radius 1 is 1.10 bits per heavy atom. The number of anilines is 1. The van der Waals surface area contributed by atoms with Crippen LogP contribution < -0.4 is 15.6 Å². The molecule has 41 heavy (non-hydrogen) atoms. The first kappa shape index (κ1) is 27.7. The number of nitrogens with one attached hydrogen (secondary N) is 1. The highest BCUT2D eigenvalue weighted by molar-refractivity contribution is 6.06. The minimum atomic E-state index is -0.542. The third-order valence-electron chi connectivity index (χ3n) is 9.11. The molecule has 0 aliphatic carbocycles. The lowest BCUT2D eigenvalue weighted by Gasteiger charge is -2.37. The summed E-state index contributed by atoms with van der Waals surface area (Å²) in [6, 6.07) is 8.14. The number of hydrogen-bond acceptors (Lipinski definition) is 6. The summed E-state index contributed by atoms with van der Waals surface area (Å²) in [5, 5.41) is 3.11. The van der Waals surface area contributed by atoms with Gasteiger partial charge in [0.05, 0.1) is 16.4 Å². The molecular weight excluding hydrogens is 521 g/mol. The van der Waals surface area contributed by atoms with Gasteiger partial charge in [0.25, 0.3) is 5.91 Å². The number of carbonyl (C=O) groups is 1. The predicted octanol–water partition coefficient (Wildman–Crippen LogP) is 3.53. The van der Waals surface area contributed by atoms with Gasteiger partial charge in [0.1, 0.15) is 11.2 Å². The van der Waals surface area contributed by atoms with E-state index < -0.39 is 17.2 Å². The number of nitrogens with zero attached hydrogens (tertiary/aromatic N) is 6. The molecule has 2 aliphatic heterocycles. The largest absolute Gasteiger partial charge is 0.352 e. The van der Waals surface area contributed by atoms with Crippen molar-refractivity contribution in [1.82, 2.24) is 29.1 Å². The molecule has 5 heterocycles. The van der Waals surface area contributed by atoms with Crippen molar-refractivity contribution in [2.75, 3.05) is 51.2 Å². The van der Waals surface area contributed by atoms with E-state index >= 15 is 4.39 Å². The van der Waals surface area contributed by atoms with Gasteiger partial charge in [0.15, 0.2) is 17.3 Å². The normalized spacial score (nSPS) is 18.9. The average molecular weight is 562 g/mol. The third kappa shape index (κ3) is 4.76. The van der Waals surface area contributed by atoms with Gasteiger partial charge in [0.2, 0.25) is 5.43 Å². The van der Waals surface area contributed by atoms with Gasteiger partial charge in [0, 0.05) is 51.9 Å². The van der Waals surface area contributed by atoms with E-state index in [1.807, 2.05) is 46.0 Å². The molecule has 4 aromatic rings. The first-order valence-electron chi connectivity index (χ1n) is 14.8. The fourth-order valence-electron chi connectivity index (χ4n) is 6.67. The molecule has 1 unspecified atom stereocenters. The van der Waals surface area contributed by atoms with Crippen LogP contribution in [0.3, 0.4) is 0 Å². The number of carbonyl (C=O) groups excluding carboxylic acids is 1. The Labute approximate surface area is 239 Å². The van der Waals surface area contributed by atoms with E-state index in [1.54, 1.807) is 0 Å². The number of pyridine rings is 2. The highest BCUT2D eigenvalue weighted by Crippen LogP contribution is 2.29. The Bertz CT molecular complexity index is 1700. The van der Waals surface area contributed by atoms with Crippen LogP contribution in [-0.4, -0.2) is 88.1 Å². The van der Waals surface area contributed by atoms with E-state index in [9.17, 15) is 9.59 Å². The molecule has 2 saturated heterocycles. The van der Waals surface area contributed by atoms with Crippen molar-refractivity contribution in [2.24, 2.45) is 7.05 Å². The fourth-order valence-corrected chi connectivity index (χ4v) is 6.67. The maximum absolute atomic E-state index is 15.7. The van der Waals surface area contributed by atoms with Crippen molar-refractivity contribution in [3.63, 3.8) is 0 Å². The number of imidazole rings is 1. The van der Waals surface area contributed by atoms with Gasteiger partial charge in [-0.25, -0.2) is 9.37 Å². The molecule has 0 bridgehead atoms. The molecule has 0 radical (unpaired) electrons.